The van der Waals surface area contributed by atoms with Gasteiger partial charge in [-0.15, -0.1) is 0 Å². The summed E-state index contributed by atoms with van der Waals surface area (Å²) in [4.78, 5) is 0. The van der Waals surface area contributed by atoms with Crippen molar-refractivity contribution in [2.24, 2.45) is 28.7 Å². The minimum Gasteiger partial charge on any atom is -0.390 e. The zero-order chi connectivity index (χ0) is 31.5. The molecule has 2 saturated heterocycles. The second-order valence-electron chi connectivity index (χ2n) is 10.9. The van der Waals surface area contributed by atoms with Crippen LogP contribution in [0, 0.1) is 0 Å². The van der Waals surface area contributed by atoms with E-state index in [1.54, 1.807) is 28.7 Å². The Labute approximate surface area is 265 Å². The molecule has 0 aromatic heterocycles. The summed E-state index contributed by atoms with van der Waals surface area (Å²) in [6.07, 6.45) is -9.94. The third-order valence-electron chi connectivity index (χ3n) is 7.65. The van der Waals surface area contributed by atoms with Crippen LogP contribution in [-0.2, 0) is 28.4 Å². The lowest BCUT2D eigenvalue weighted by atomic mass is 9.84. The molecule has 1 saturated carbocycles. The molecule has 1 aliphatic carbocycles. The zero-order valence-corrected chi connectivity index (χ0v) is 27.0. The molecule has 6 unspecified atom stereocenters. The van der Waals surface area contributed by atoms with Crippen molar-refractivity contribution in [3.05, 3.63) is 0 Å². The Kier molecular flexibility index (Phi) is 17.0. The van der Waals surface area contributed by atoms with Crippen LogP contribution in [0.2, 0.25) is 0 Å². The molecular formula is C25H51N5O10S3. The summed E-state index contributed by atoms with van der Waals surface area (Å²) in [5, 5.41) is 42.8. The number of aliphatic hydroxyl groups excluding tert-OH is 4. The molecular weight excluding hydrogens is 627 g/mol. The summed E-state index contributed by atoms with van der Waals surface area (Å²) in [5.74, 6) is 2.86. The van der Waals surface area contributed by atoms with E-state index in [-0.39, 0.29) is 19.4 Å². The standard InChI is InChI=1S/C25H51N5O10S3/c1-35-2-6-42-43-7-4-36-3-5-41-11-17-19(32)18(30)20(33)25(38-17)40-23-13(28)8-12(27)22(21(23)34)39-24-14(29)9-15(31)16(10-26)37-24/h12-25,31-34H,2-11,26-30H2,1H3/t12-,13?,14-,15-,16?,17?,18?,19+,20?,21?,22-,23-,24+,25+/m0/s1. The molecule has 0 bridgehead atoms. The summed E-state index contributed by atoms with van der Waals surface area (Å²) in [6, 6.07) is -3.12. The van der Waals surface area contributed by atoms with Crippen molar-refractivity contribution in [3.8, 4) is 0 Å². The molecule has 0 amide bonds. The van der Waals surface area contributed by atoms with Gasteiger partial charge < -0.3 is 77.5 Å². The number of hydrogen-bond acceptors (Lipinski definition) is 18. The van der Waals surface area contributed by atoms with E-state index < -0.39 is 85.6 Å². The average molecular weight is 678 g/mol. The summed E-state index contributed by atoms with van der Waals surface area (Å²) in [6.45, 7) is 1.96. The van der Waals surface area contributed by atoms with E-state index in [0.29, 0.717) is 24.7 Å². The van der Waals surface area contributed by atoms with Crippen LogP contribution in [0.15, 0.2) is 0 Å². The number of thioether (sulfide) groups is 1. The van der Waals surface area contributed by atoms with Crippen molar-refractivity contribution >= 4 is 33.3 Å². The maximum absolute atomic E-state index is 11.3. The van der Waals surface area contributed by atoms with Crippen molar-refractivity contribution in [3.63, 3.8) is 0 Å². The van der Waals surface area contributed by atoms with Gasteiger partial charge >= 0.3 is 0 Å². The van der Waals surface area contributed by atoms with E-state index in [1.807, 2.05) is 0 Å². The van der Waals surface area contributed by atoms with Gasteiger partial charge in [-0.1, -0.05) is 21.6 Å². The minimum absolute atomic E-state index is 0.0627. The molecule has 18 heteroatoms. The van der Waals surface area contributed by atoms with Gasteiger partial charge in [0.15, 0.2) is 12.6 Å². The molecule has 0 aromatic carbocycles. The van der Waals surface area contributed by atoms with Crippen LogP contribution in [0.1, 0.15) is 12.8 Å². The Morgan fingerprint density at radius 2 is 1.33 bits per heavy atom. The summed E-state index contributed by atoms with van der Waals surface area (Å²) in [7, 11) is 5.17. The van der Waals surface area contributed by atoms with Crippen LogP contribution in [0.5, 0.6) is 0 Å². The molecule has 2 heterocycles. The van der Waals surface area contributed by atoms with Crippen LogP contribution in [0.25, 0.3) is 0 Å². The highest BCUT2D eigenvalue weighted by Crippen LogP contribution is 2.31. The first kappa shape index (κ1) is 37.9. The van der Waals surface area contributed by atoms with Gasteiger partial charge in [0.1, 0.15) is 24.4 Å². The first-order chi connectivity index (χ1) is 20.6. The van der Waals surface area contributed by atoms with Crippen molar-refractivity contribution in [1.29, 1.82) is 0 Å². The fourth-order valence-corrected chi connectivity index (χ4v) is 7.84. The third kappa shape index (κ3) is 11.0. The molecule has 2 aliphatic heterocycles. The quantitative estimate of drug-likeness (QED) is 0.0534. The van der Waals surface area contributed by atoms with Crippen LogP contribution in [-0.4, -0.2) is 162 Å². The van der Waals surface area contributed by atoms with Crippen molar-refractivity contribution in [1.82, 2.24) is 0 Å². The van der Waals surface area contributed by atoms with Crippen LogP contribution < -0.4 is 28.7 Å². The van der Waals surface area contributed by atoms with Crippen molar-refractivity contribution < 1.29 is 48.8 Å². The highest BCUT2D eigenvalue weighted by Gasteiger charge is 2.50. The normalized spacial score (nSPS) is 42.3. The Hall–Kier alpha value is 0.450. The zero-order valence-electron chi connectivity index (χ0n) is 24.5. The number of ether oxygens (including phenoxy) is 6. The van der Waals surface area contributed by atoms with E-state index in [4.69, 9.17) is 57.1 Å². The minimum atomic E-state index is -1.38. The number of rotatable bonds is 17. The molecule has 43 heavy (non-hydrogen) atoms. The van der Waals surface area contributed by atoms with E-state index >= 15 is 0 Å². The second kappa shape index (κ2) is 19.3. The lowest BCUT2D eigenvalue weighted by molar-refractivity contribution is -0.309. The average Bonchev–Trinajstić information content (AvgIpc) is 2.97. The van der Waals surface area contributed by atoms with E-state index in [2.05, 4.69) is 0 Å². The Bertz CT molecular complexity index is 791. The first-order valence-corrected chi connectivity index (χ1v) is 18.2. The molecule has 0 radical (unpaired) electrons. The molecule has 15 nitrogen and oxygen atoms in total. The monoisotopic (exact) mass is 677 g/mol. The molecule has 254 valence electrons. The summed E-state index contributed by atoms with van der Waals surface area (Å²) >= 11 is 1.52. The fourth-order valence-electron chi connectivity index (χ4n) is 5.16. The highest BCUT2D eigenvalue weighted by molar-refractivity contribution is 8.76. The van der Waals surface area contributed by atoms with Crippen molar-refractivity contribution in [2.75, 3.05) is 56.5 Å². The second-order valence-corrected chi connectivity index (χ2v) is 14.8. The van der Waals surface area contributed by atoms with Gasteiger partial charge in [0.25, 0.3) is 0 Å². The smallest absolute Gasteiger partial charge is 0.186 e. The largest absolute Gasteiger partial charge is 0.390 e. The van der Waals surface area contributed by atoms with Gasteiger partial charge in [0.2, 0.25) is 0 Å². The number of nitrogens with two attached hydrogens (primary N) is 5. The van der Waals surface area contributed by atoms with Gasteiger partial charge in [0.05, 0.1) is 56.3 Å². The lowest BCUT2D eigenvalue weighted by Crippen LogP contribution is -2.68. The third-order valence-corrected chi connectivity index (χ3v) is 11.0. The number of aliphatic hydroxyl groups is 4. The van der Waals surface area contributed by atoms with E-state index in [9.17, 15) is 20.4 Å². The van der Waals surface area contributed by atoms with Gasteiger partial charge in [-0.05, 0) is 12.8 Å². The Morgan fingerprint density at radius 3 is 1.98 bits per heavy atom. The number of methoxy groups -OCH3 is 1. The van der Waals surface area contributed by atoms with Crippen LogP contribution >= 0.6 is 33.3 Å². The fraction of sp³-hybridized carbons (Fsp3) is 1.00. The summed E-state index contributed by atoms with van der Waals surface area (Å²) in [5.41, 5.74) is 30.5. The highest BCUT2D eigenvalue weighted by atomic mass is 33.1. The first-order valence-electron chi connectivity index (χ1n) is 14.5. The van der Waals surface area contributed by atoms with Gasteiger partial charge in [-0.25, -0.2) is 0 Å². The lowest BCUT2D eigenvalue weighted by Gasteiger charge is -2.48. The van der Waals surface area contributed by atoms with E-state index in [1.165, 1.54) is 11.8 Å². The van der Waals surface area contributed by atoms with Crippen LogP contribution in [0.4, 0.5) is 0 Å². The maximum atomic E-state index is 11.3. The maximum Gasteiger partial charge on any atom is 0.186 e. The van der Waals surface area contributed by atoms with Gasteiger partial charge in [-0.2, -0.15) is 11.8 Å². The Morgan fingerprint density at radius 1 is 0.721 bits per heavy atom. The van der Waals surface area contributed by atoms with Gasteiger partial charge in [0, 0.05) is 48.7 Å². The van der Waals surface area contributed by atoms with Crippen LogP contribution in [0.3, 0.4) is 0 Å². The molecule has 14 N–H and O–H groups in total. The molecule has 3 rings (SSSR count). The SMILES string of the molecule is COCCSSCCOCCSCC1O[C@H](O[C@H]2C(N)C[C@H](N)[C@H](O[C@H]3OC(CN)[C@@H](O)C[C@@H]3N)C2O)C(O)C(N)[C@@H]1O. The van der Waals surface area contributed by atoms with Crippen molar-refractivity contribution in [2.45, 2.75) is 98.4 Å². The topological polar surface area (TPSA) is 266 Å². The molecule has 14 atom stereocenters. The van der Waals surface area contributed by atoms with Gasteiger partial charge in [-0.3, -0.25) is 0 Å². The van der Waals surface area contributed by atoms with E-state index in [0.717, 1.165) is 18.1 Å². The molecule has 3 aliphatic rings. The molecule has 0 spiro atoms. The predicted molar refractivity (Wildman–Crippen MR) is 166 cm³/mol. The molecule has 3 fully saturated rings. The predicted octanol–water partition coefficient (Wildman–Crippen LogP) is -3.51. The molecule has 0 aromatic rings. The Balaban J connectivity index is 1.49. The number of hydrogen-bond donors (Lipinski definition) is 9. The summed E-state index contributed by atoms with van der Waals surface area (Å²) < 4.78 is 34.4.